The van der Waals surface area contributed by atoms with Gasteiger partial charge in [0, 0.05) is 23.1 Å². The maximum atomic E-state index is 12.0. The smallest absolute Gasteiger partial charge is 0.348 e. The van der Waals surface area contributed by atoms with Crippen LogP contribution in [0.3, 0.4) is 0 Å². The minimum Gasteiger partial charge on any atom is -0.348 e. The summed E-state index contributed by atoms with van der Waals surface area (Å²) in [5.41, 5.74) is 0. The van der Waals surface area contributed by atoms with Crippen LogP contribution in [0.15, 0.2) is 12.4 Å². The number of hydrogen-bond acceptors (Lipinski definition) is 4. The van der Waals surface area contributed by atoms with Crippen molar-refractivity contribution in [2.24, 2.45) is 0 Å². The maximum absolute atomic E-state index is 12.0. The predicted molar refractivity (Wildman–Crippen MR) is 66.0 cm³/mol. The topological polar surface area (TPSA) is 35.5 Å². The van der Waals surface area contributed by atoms with Gasteiger partial charge in [0.25, 0.3) is 0 Å². The molecule has 3 nitrogen and oxygen atoms in total. The van der Waals surface area contributed by atoms with Gasteiger partial charge in [0.15, 0.2) is 8.32 Å². The molecule has 0 bridgehead atoms. The fourth-order valence-electron chi connectivity index (χ4n) is 0.611. The zero-order valence-electron chi connectivity index (χ0n) is 9.44. The van der Waals surface area contributed by atoms with Gasteiger partial charge in [-0.3, -0.25) is 4.57 Å². The molecule has 0 aromatic rings. The van der Waals surface area contributed by atoms with E-state index in [4.69, 9.17) is 8.18 Å². The quantitative estimate of drug-likeness (QED) is 0.403. The highest BCUT2D eigenvalue weighted by Gasteiger charge is 2.29. The van der Waals surface area contributed by atoms with Crippen molar-refractivity contribution in [2.45, 2.75) is 38.7 Å². The first-order valence-corrected chi connectivity index (χ1v) is 10.3. The number of rotatable bonds is 6. The molecule has 0 aliphatic heterocycles. The highest BCUT2D eigenvalue weighted by molar-refractivity contribution is 7.99. The van der Waals surface area contributed by atoms with Crippen LogP contribution in [0.1, 0.15) is 13.8 Å². The van der Waals surface area contributed by atoms with E-state index in [0.717, 1.165) is 0 Å². The first-order chi connectivity index (χ1) is 6.18. The molecule has 0 aliphatic carbocycles. The van der Waals surface area contributed by atoms with Crippen molar-refractivity contribution < 1.29 is 12.7 Å². The molecule has 0 spiro atoms. The summed E-state index contributed by atoms with van der Waals surface area (Å²) in [5, 5.41) is 0.258. The molecule has 0 aromatic carbocycles. The summed E-state index contributed by atoms with van der Waals surface area (Å²) in [4.78, 5) is 0. The SMILES string of the molecule is C=CP(=O)(OSC(C)C)O[Si](C)(C)C. The van der Waals surface area contributed by atoms with Crippen LogP contribution in [0.2, 0.25) is 19.6 Å². The minimum atomic E-state index is -3.09. The van der Waals surface area contributed by atoms with E-state index in [2.05, 4.69) is 6.58 Å². The standard InChI is InChI=1S/C8H19O3PSSi/c1-7-12(9,10-13-8(2)3)11-14(4,5)6/h7-8H,1H2,2-6H3. The van der Waals surface area contributed by atoms with Crippen LogP contribution in [-0.2, 0) is 12.7 Å². The van der Waals surface area contributed by atoms with Crippen LogP contribution in [0.4, 0.5) is 0 Å². The van der Waals surface area contributed by atoms with Gasteiger partial charge in [0.2, 0.25) is 0 Å². The molecule has 1 atom stereocenters. The molecule has 0 fully saturated rings. The Bertz CT molecular complexity index is 237. The van der Waals surface area contributed by atoms with Gasteiger partial charge in [0.05, 0.1) is 0 Å². The van der Waals surface area contributed by atoms with E-state index in [1.165, 1.54) is 17.9 Å². The second-order valence-corrected chi connectivity index (χ2v) is 12.3. The Morgan fingerprint density at radius 3 is 2.21 bits per heavy atom. The molecule has 84 valence electrons. The van der Waals surface area contributed by atoms with Crippen LogP contribution < -0.4 is 0 Å². The average molecular weight is 254 g/mol. The van der Waals surface area contributed by atoms with Crippen LogP contribution in [0.25, 0.3) is 0 Å². The van der Waals surface area contributed by atoms with E-state index < -0.39 is 15.9 Å². The van der Waals surface area contributed by atoms with Crippen LogP contribution in [-0.4, -0.2) is 13.6 Å². The van der Waals surface area contributed by atoms with Crippen LogP contribution in [0.5, 0.6) is 0 Å². The van der Waals surface area contributed by atoms with Gasteiger partial charge in [-0.15, -0.1) is 0 Å². The molecule has 0 saturated heterocycles. The predicted octanol–water partition coefficient (Wildman–Crippen LogP) is 4.25. The molecule has 0 aliphatic rings. The second-order valence-electron chi connectivity index (χ2n) is 4.15. The van der Waals surface area contributed by atoms with Crippen molar-refractivity contribution in [2.75, 3.05) is 0 Å². The van der Waals surface area contributed by atoms with Gasteiger partial charge in [0.1, 0.15) is 0 Å². The Balaban J connectivity index is 4.34. The maximum Gasteiger partial charge on any atom is 0.355 e. The van der Waals surface area contributed by atoms with Crippen molar-refractivity contribution in [3.8, 4) is 0 Å². The zero-order valence-corrected chi connectivity index (χ0v) is 12.2. The fourth-order valence-corrected chi connectivity index (χ4v) is 5.77. The molecule has 1 unspecified atom stereocenters. The molecule has 6 heteroatoms. The highest BCUT2D eigenvalue weighted by Crippen LogP contribution is 2.55. The molecule has 0 aromatic heterocycles. The molecule has 0 radical (unpaired) electrons. The molecule has 0 rings (SSSR count). The molecule has 0 N–H and O–H groups in total. The second kappa shape index (κ2) is 5.52. The van der Waals surface area contributed by atoms with E-state index in [0.29, 0.717) is 0 Å². The average Bonchev–Trinajstić information content (AvgIpc) is 1.98. The van der Waals surface area contributed by atoms with Crippen molar-refractivity contribution in [1.82, 2.24) is 0 Å². The van der Waals surface area contributed by atoms with E-state index in [-0.39, 0.29) is 5.25 Å². The normalized spacial score (nSPS) is 16.7. The summed E-state index contributed by atoms with van der Waals surface area (Å²) in [7, 11) is -4.95. The third-order valence-corrected chi connectivity index (χ3v) is 6.18. The lowest BCUT2D eigenvalue weighted by atomic mass is 10.6. The Hall–Kier alpha value is 0.457. The summed E-state index contributed by atoms with van der Waals surface area (Å²) in [6.45, 7) is 13.3. The highest BCUT2D eigenvalue weighted by atomic mass is 32.2. The third-order valence-electron chi connectivity index (χ3n) is 0.964. The largest absolute Gasteiger partial charge is 0.355 e. The third kappa shape index (κ3) is 6.84. The van der Waals surface area contributed by atoms with E-state index in [1.807, 2.05) is 33.5 Å². The summed E-state index contributed by atoms with van der Waals surface area (Å²) in [6.07, 6.45) is 0. The van der Waals surface area contributed by atoms with Crippen molar-refractivity contribution in [1.29, 1.82) is 0 Å². The first kappa shape index (κ1) is 14.5. The van der Waals surface area contributed by atoms with Crippen molar-refractivity contribution in [3.63, 3.8) is 0 Å². The Morgan fingerprint density at radius 2 is 1.93 bits per heavy atom. The first-order valence-electron chi connectivity index (χ1n) is 4.48. The van der Waals surface area contributed by atoms with Gasteiger partial charge >= 0.3 is 7.60 Å². The minimum absolute atomic E-state index is 0.258. The van der Waals surface area contributed by atoms with Gasteiger partial charge in [-0.2, -0.15) is 0 Å². The lowest BCUT2D eigenvalue weighted by molar-refractivity contribution is 0.418. The lowest BCUT2D eigenvalue weighted by Gasteiger charge is -2.23. The summed E-state index contributed by atoms with van der Waals surface area (Å²) in [5.74, 6) is 1.28. The monoisotopic (exact) mass is 254 g/mol. The van der Waals surface area contributed by atoms with Gasteiger partial charge in [-0.25, -0.2) is 3.97 Å². The van der Waals surface area contributed by atoms with Crippen LogP contribution in [0, 0.1) is 0 Å². The van der Waals surface area contributed by atoms with E-state index in [1.54, 1.807) is 0 Å². The zero-order chi connectivity index (χ0) is 11.4. The Kier molecular flexibility index (Phi) is 5.70. The van der Waals surface area contributed by atoms with Crippen LogP contribution >= 0.6 is 19.6 Å². The lowest BCUT2D eigenvalue weighted by Crippen LogP contribution is -2.23. The van der Waals surface area contributed by atoms with E-state index in [9.17, 15) is 4.57 Å². The molecule has 0 heterocycles. The number of hydrogen-bond donors (Lipinski definition) is 0. The Morgan fingerprint density at radius 1 is 1.43 bits per heavy atom. The summed E-state index contributed by atoms with van der Waals surface area (Å²) in [6, 6.07) is 0. The molecular formula is C8H19O3PSSi. The molecule has 14 heavy (non-hydrogen) atoms. The van der Waals surface area contributed by atoms with Crippen molar-refractivity contribution >= 4 is 28.0 Å². The van der Waals surface area contributed by atoms with Gasteiger partial charge < -0.3 is 4.21 Å². The molecule has 0 saturated carbocycles. The molecule has 0 amide bonds. The summed E-state index contributed by atoms with van der Waals surface area (Å²) < 4.78 is 22.6. The van der Waals surface area contributed by atoms with E-state index >= 15 is 0 Å². The van der Waals surface area contributed by atoms with Gasteiger partial charge in [-0.05, 0) is 19.6 Å². The van der Waals surface area contributed by atoms with Crippen molar-refractivity contribution in [3.05, 3.63) is 12.4 Å². The fraction of sp³-hybridized carbons (Fsp3) is 0.750. The summed E-state index contributed by atoms with van der Waals surface area (Å²) >= 11 is 1.17. The van der Waals surface area contributed by atoms with Gasteiger partial charge in [-0.1, -0.05) is 20.4 Å². The Labute approximate surface area is 92.1 Å². The molecular weight excluding hydrogens is 235 g/mol.